The molecular weight excluding hydrogens is 302 g/mol. The number of aryl methyl sites for hydroxylation is 1. The number of hydrogen-bond donors (Lipinski definition) is 1. The fourth-order valence-corrected chi connectivity index (χ4v) is 2.47. The Kier molecular flexibility index (Phi) is 6.00. The van der Waals surface area contributed by atoms with Crippen LogP contribution in [0.2, 0.25) is 5.02 Å². The van der Waals surface area contributed by atoms with E-state index >= 15 is 0 Å². The first-order valence-corrected chi connectivity index (χ1v) is 7.15. The highest BCUT2D eigenvalue weighted by molar-refractivity contribution is 9.09. The minimum atomic E-state index is -0.0971. The Morgan fingerprint density at radius 2 is 2.24 bits per heavy atom. The SMILES string of the molecule is Cc1cccc(C(=O)NCC(C)CCBr)c1Cl. The number of halogens is 2. The molecule has 0 aromatic heterocycles. The second-order valence-corrected chi connectivity index (χ2v) is 5.40. The van der Waals surface area contributed by atoms with Gasteiger partial charge in [0.2, 0.25) is 0 Å². The summed E-state index contributed by atoms with van der Waals surface area (Å²) in [6, 6.07) is 5.49. The summed E-state index contributed by atoms with van der Waals surface area (Å²) in [5.41, 5.74) is 1.48. The van der Waals surface area contributed by atoms with Gasteiger partial charge in [-0.2, -0.15) is 0 Å². The van der Waals surface area contributed by atoms with Crippen LogP contribution in [0.1, 0.15) is 29.3 Å². The van der Waals surface area contributed by atoms with Crippen molar-refractivity contribution >= 4 is 33.4 Å². The third-order valence-electron chi connectivity index (χ3n) is 2.65. The van der Waals surface area contributed by atoms with Gasteiger partial charge in [0.15, 0.2) is 0 Å². The van der Waals surface area contributed by atoms with Crippen LogP contribution in [0.15, 0.2) is 18.2 Å². The monoisotopic (exact) mass is 317 g/mol. The zero-order valence-corrected chi connectivity index (χ0v) is 12.4. The van der Waals surface area contributed by atoms with Crippen LogP contribution in [0.25, 0.3) is 0 Å². The van der Waals surface area contributed by atoms with Gasteiger partial charge in [-0.25, -0.2) is 0 Å². The standard InChI is InChI=1S/C13H17BrClNO/c1-9(6-7-14)8-16-13(17)11-5-3-4-10(2)12(11)15/h3-5,9H,6-8H2,1-2H3,(H,16,17). The molecule has 0 saturated heterocycles. The lowest BCUT2D eigenvalue weighted by molar-refractivity contribution is 0.0948. The Morgan fingerprint density at radius 1 is 1.53 bits per heavy atom. The minimum absolute atomic E-state index is 0.0971. The number of rotatable bonds is 5. The summed E-state index contributed by atoms with van der Waals surface area (Å²) in [5, 5.41) is 4.40. The van der Waals surface area contributed by atoms with Crippen LogP contribution in [-0.4, -0.2) is 17.8 Å². The number of hydrogen-bond acceptors (Lipinski definition) is 1. The second-order valence-electron chi connectivity index (χ2n) is 4.23. The fraction of sp³-hybridized carbons (Fsp3) is 0.462. The van der Waals surface area contributed by atoms with E-state index in [1.165, 1.54) is 0 Å². The molecule has 1 aromatic rings. The van der Waals surface area contributed by atoms with Gasteiger partial charge in [-0.15, -0.1) is 0 Å². The highest BCUT2D eigenvalue weighted by atomic mass is 79.9. The summed E-state index contributed by atoms with van der Waals surface area (Å²) in [6.45, 7) is 4.68. The fourth-order valence-electron chi connectivity index (χ4n) is 1.47. The van der Waals surface area contributed by atoms with Crippen LogP contribution in [0.5, 0.6) is 0 Å². The molecule has 0 saturated carbocycles. The maximum atomic E-state index is 11.9. The summed E-state index contributed by atoms with van der Waals surface area (Å²) < 4.78 is 0. The summed E-state index contributed by atoms with van der Waals surface area (Å²) in [5.74, 6) is 0.363. The largest absolute Gasteiger partial charge is 0.352 e. The maximum absolute atomic E-state index is 11.9. The van der Waals surface area contributed by atoms with Crippen molar-refractivity contribution in [2.45, 2.75) is 20.3 Å². The van der Waals surface area contributed by atoms with E-state index in [0.29, 0.717) is 23.0 Å². The van der Waals surface area contributed by atoms with Gasteiger partial charge in [0.05, 0.1) is 10.6 Å². The molecule has 17 heavy (non-hydrogen) atoms. The average Bonchev–Trinajstić information content (AvgIpc) is 2.30. The first-order chi connectivity index (χ1) is 8.06. The number of amides is 1. The predicted molar refractivity (Wildman–Crippen MR) is 76.1 cm³/mol. The Labute approximate surface area is 116 Å². The summed E-state index contributed by atoms with van der Waals surface area (Å²) in [4.78, 5) is 11.9. The smallest absolute Gasteiger partial charge is 0.252 e. The Hall–Kier alpha value is -0.540. The van der Waals surface area contributed by atoms with E-state index in [9.17, 15) is 4.79 Å². The lowest BCUT2D eigenvalue weighted by Gasteiger charge is -2.12. The van der Waals surface area contributed by atoms with E-state index in [1.807, 2.05) is 19.1 Å². The number of benzene rings is 1. The maximum Gasteiger partial charge on any atom is 0.252 e. The van der Waals surface area contributed by atoms with Crippen molar-refractivity contribution in [1.29, 1.82) is 0 Å². The topological polar surface area (TPSA) is 29.1 Å². The zero-order chi connectivity index (χ0) is 12.8. The van der Waals surface area contributed by atoms with Gasteiger partial charge in [0.1, 0.15) is 0 Å². The second kappa shape index (κ2) is 7.02. The molecule has 0 heterocycles. The van der Waals surface area contributed by atoms with E-state index in [4.69, 9.17) is 11.6 Å². The molecule has 1 N–H and O–H groups in total. The van der Waals surface area contributed by atoms with Gasteiger partial charge < -0.3 is 5.32 Å². The number of carbonyl (C=O) groups is 1. The molecule has 0 bridgehead atoms. The van der Waals surface area contributed by atoms with Gasteiger partial charge in [-0.3, -0.25) is 4.79 Å². The quantitative estimate of drug-likeness (QED) is 0.822. The highest BCUT2D eigenvalue weighted by Gasteiger charge is 2.12. The molecule has 1 aromatic carbocycles. The molecule has 1 unspecified atom stereocenters. The molecule has 1 amide bonds. The van der Waals surface area contributed by atoms with Crippen molar-refractivity contribution in [2.24, 2.45) is 5.92 Å². The molecule has 0 aliphatic rings. The van der Waals surface area contributed by atoms with Crippen LogP contribution >= 0.6 is 27.5 Å². The van der Waals surface area contributed by atoms with Crippen LogP contribution < -0.4 is 5.32 Å². The van der Waals surface area contributed by atoms with Crippen molar-refractivity contribution in [3.63, 3.8) is 0 Å². The molecule has 0 aliphatic carbocycles. The number of alkyl halides is 1. The van der Waals surface area contributed by atoms with Crippen LogP contribution in [0, 0.1) is 12.8 Å². The lowest BCUT2D eigenvalue weighted by Crippen LogP contribution is -2.28. The molecule has 1 rings (SSSR count). The molecule has 0 fully saturated rings. The molecule has 0 radical (unpaired) electrons. The molecule has 0 spiro atoms. The van der Waals surface area contributed by atoms with Gasteiger partial charge in [-0.05, 0) is 30.9 Å². The lowest BCUT2D eigenvalue weighted by atomic mass is 10.1. The van der Waals surface area contributed by atoms with E-state index in [1.54, 1.807) is 6.07 Å². The van der Waals surface area contributed by atoms with Crippen molar-refractivity contribution in [1.82, 2.24) is 5.32 Å². The van der Waals surface area contributed by atoms with E-state index < -0.39 is 0 Å². The minimum Gasteiger partial charge on any atom is -0.352 e. The summed E-state index contributed by atoms with van der Waals surface area (Å²) in [6.07, 6.45) is 1.04. The molecule has 4 heteroatoms. The molecule has 94 valence electrons. The molecular formula is C13H17BrClNO. The molecule has 2 nitrogen and oxygen atoms in total. The van der Waals surface area contributed by atoms with Gasteiger partial charge in [0.25, 0.3) is 5.91 Å². The van der Waals surface area contributed by atoms with Crippen LogP contribution in [-0.2, 0) is 0 Å². The third-order valence-corrected chi connectivity index (χ3v) is 3.61. The molecule has 1 atom stereocenters. The highest BCUT2D eigenvalue weighted by Crippen LogP contribution is 2.20. The first-order valence-electron chi connectivity index (χ1n) is 5.65. The summed E-state index contributed by atoms with van der Waals surface area (Å²) >= 11 is 9.49. The van der Waals surface area contributed by atoms with E-state index in [-0.39, 0.29) is 5.91 Å². The number of carbonyl (C=O) groups excluding carboxylic acids is 1. The van der Waals surface area contributed by atoms with Crippen molar-refractivity contribution < 1.29 is 4.79 Å². The predicted octanol–water partition coefficient (Wildman–Crippen LogP) is 3.80. The van der Waals surface area contributed by atoms with Gasteiger partial charge >= 0.3 is 0 Å². The van der Waals surface area contributed by atoms with Crippen molar-refractivity contribution in [3.05, 3.63) is 34.3 Å². The normalized spacial score (nSPS) is 12.2. The van der Waals surface area contributed by atoms with E-state index in [2.05, 4.69) is 28.2 Å². The van der Waals surface area contributed by atoms with Gasteiger partial charge in [0, 0.05) is 11.9 Å². The zero-order valence-electron chi connectivity index (χ0n) is 10.1. The van der Waals surface area contributed by atoms with Crippen molar-refractivity contribution in [2.75, 3.05) is 11.9 Å². The first kappa shape index (κ1) is 14.5. The third kappa shape index (κ3) is 4.32. The Balaban J connectivity index is 2.61. The van der Waals surface area contributed by atoms with E-state index in [0.717, 1.165) is 17.3 Å². The summed E-state index contributed by atoms with van der Waals surface area (Å²) in [7, 11) is 0. The molecule has 0 aliphatic heterocycles. The van der Waals surface area contributed by atoms with Gasteiger partial charge in [-0.1, -0.05) is 46.6 Å². The number of nitrogens with one attached hydrogen (secondary N) is 1. The van der Waals surface area contributed by atoms with Crippen LogP contribution in [0.4, 0.5) is 0 Å². The Morgan fingerprint density at radius 3 is 2.88 bits per heavy atom. The Bertz CT molecular complexity index is 395. The average molecular weight is 319 g/mol. The van der Waals surface area contributed by atoms with Crippen LogP contribution in [0.3, 0.4) is 0 Å². The van der Waals surface area contributed by atoms with Crippen molar-refractivity contribution in [3.8, 4) is 0 Å².